The Morgan fingerprint density at radius 2 is 2.27 bits per heavy atom. The summed E-state index contributed by atoms with van der Waals surface area (Å²) in [7, 11) is 0. The molecule has 1 aromatic rings. The summed E-state index contributed by atoms with van der Waals surface area (Å²) in [6, 6.07) is 0. The Balaban J connectivity index is 2.03. The van der Waals surface area contributed by atoms with Crippen LogP contribution in [0, 0.1) is 10.1 Å². The molecule has 0 unspecified atom stereocenters. The van der Waals surface area contributed by atoms with Crippen molar-refractivity contribution in [1.82, 2.24) is 20.4 Å². The lowest BCUT2D eigenvalue weighted by atomic mass is 10.3. The number of nitro groups is 1. The van der Waals surface area contributed by atoms with Crippen LogP contribution < -0.4 is 5.32 Å². The summed E-state index contributed by atoms with van der Waals surface area (Å²) in [5, 5.41) is 20.3. The number of nitrogens with one attached hydrogen (secondary N) is 2. The molecule has 1 fully saturated rings. The molecule has 1 aliphatic heterocycles. The molecule has 0 radical (unpaired) electrons. The summed E-state index contributed by atoms with van der Waals surface area (Å²) in [6.45, 7) is 4.26. The Bertz CT molecular complexity index is 345. The zero-order chi connectivity index (χ0) is 10.7. The number of aromatic amines is 1. The first-order chi connectivity index (χ1) is 7.27. The zero-order valence-corrected chi connectivity index (χ0v) is 8.27. The van der Waals surface area contributed by atoms with E-state index in [4.69, 9.17) is 0 Å². The van der Waals surface area contributed by atoms with Crippen molar-refractivity contribution in [1.29, 1.82) is 0 Å². The molecule has 2 heterocycles. The van der Waals surface area contributed by atoms with E-state index in [1.807, 2.05) is 0 Å². The number of piperazine rings is 1. The van der Waals surface area contributed by atoms with Gasteiger partial charge in [0.05, 0.1) is 4.92 Å². The van der Waals surface area contributed by atoms with Gasteiger partial charge in [0.1, 0.15) is 11.9 Å². The van der Waals surface area contributed by atoms with Crippen LogP contribution >= 0.6 is 0 Å². The van der Waals surface area contributed by atoms with Gasteiger partial charge in [-0.1, -0.05) is 0 Å². The number of hydrogen-bond donors (Lipinski definition) is 2. The minimum Gasteiger partial charge on any atom is -0.314 e. The van der Waals surface area contributed by atoms with E-state index in [1.54, 1.807) is 0 Å². The van der Waals surface area contributed by atoms with E-state index in [2.05, 4.69) is 20.4 Å². The Kier molecular flexibility index (Phi) is 2.93. The summed E-state index contributed by atoms with van der Waals surface area (Å²) in [5.74, 6) is 0. The van der Waals surface area contributed by atoms with Crippen molar-refractivity contribution in [2.45, 2.75) is 6.54 Å². The molecule has 0 atom stereocenters. The maximum absolute atomic E-state index is 10.6. The van der Waals surface area contributed by atoms with Crippen LogP contribution in [-0.2, 0) is 6.54 Å². The molecule has 0 amide bonds. The van der Waals surface area contributed by atoms with Crippen LogP contribution in [0.15, 0.2) is 6.20 Å². The number of hydrogen-bond acceptors (Lipinski definition) is 5. The molecule has 7 heteroatoms. The standard InChI is InChI=1S/C8H13N5O2/c14-13(15)8-5-10-11-7(8)6-12-3-1-9-2-4-12/h5,9H,1-4,6H2,(H,10,11). The quantitative estimate of drug-likeness (QED) is 0.530. The molecule has 1 aromatic heterocycles. The first kappa shape index (κ1) is 10.1. The lowest BCUT2D eigenvalue weighted by Gasteiger charge is -2.26. The molecular formula is C8H13N5O2. The summed E-state index contributed by atoms with van der Waals surface area (Å²) in [5.41, 5.74) is 0.662. The highest BCUT2D eigenvalue weighted by atomic mass is 16.6. The summed E-state index contributed by atoms with van der Waals surface area (Å²) in [4.78, 5) is 12.4. The smallest absolute Gasteiger partial charge is 0.311 e. The Hall–Kier alpha value is -1.47. The topological polar surface area (TPSA) is 87.1 Å². The highest BCUT2D eigenvalue weighted by Crippen LogP contribution is 2.16. The van der Waals surface area contributed by atoms with E-state index in [0.29, 0.717) is 12.2 Å². The third-order valence-electron chi connectivity index (χ3n) is 2.48. The summed E-state index contributed by atoms with van der Waals surface area (Å²) >= 11 is 0. The molecule has 2 rings (SSSR count). The molecule has 82 valence electrons. The van der Waals surface area contributed by atoms with Crippen LogP contribution in [0.25, 0.3) is 0 Å². The maximum atomic E-state index is 10.6. The molecular weight excluding hydrogens is 198 g/mol. The number of nitrogens with zero attached hydrogens (tertiary/aromatic N) is 3. The van der Waals surface area contributed by atoms with E-state index in [-0.39, 0.29) is 5.69 Å². The summed E-state index contributed by atoms with van der Waals surface area (Å²) < 4.78 is 0. The molecule has 0 aromatic carbocycles. The fourth-order valence-corrected chi connectivity index (χ4v) is 1.67. The van der Waals surface area contributed by atoms with Gasteiger partial charge in [-0.2, -0.15) is 5.10 Å². The highest BCUT2D eigenvalue weighted by Gasteiger charge is 2.19. The normalized spacial score (nSPS) is 17.9. The lowest BCUT2D eigenvalue weighted by molar-refractivity contribution is -0.385. The molecule has 1 saturated heterocycles. The fraction of sp³-hybridized carbons (Fsp3) is 0.625. The van der Waals surface area contributed by atoms with Gasteiger partial charge in [-0.3, -0.25) is 20.1 Å². The predicted octanol–water partition coefficient (Wildman–Crippen LogP) is -0.277. The van der Waals surface area contributed by atoms with Crippen LogP contribution in [0.2, 0.25) is 0 Å². The molecule has 0 spiro atoms. The summed E-state index contributed by atoms with van der Waals surface area (Å²) in [6.07, 6.45) is 1.26. The Morgan fingerprint density at radius 1 is 1.53 bits per heavy atom. The van der Waals surface area contributed by atoms with Crippen molar-refractivity contribution in [2.24, 2.45) is 0 Å². The predicted molar refractivity (Wildman–Crippen MR) is 53.4 cm³/mol. The van der Waals surface area contributed by atoms with Gasteiger partial charge in [0, 0.05) is 32.7 Å². The van der Waals surface area contributed by atoms with Crippen LogP contribution in [0.5, 0.6) is 0 Å². The third-order valence-corrected chi connectivity index (χ3v) is 2.48. The number of rotatable bonds is 3. The van der Waals surface area contributed by atoms with Gasteiger partial charge in [-0.25, -0.2) is 0 Å². The number of aromatic nitrogens is 2. The van der Waals surface area contributed by atoms with Gasteiger partial charge < -0.3 is 5.32 Å². The molecule has 15 heavy (non-hydrogen) atoms. The molecule has 0 saturated carbocycles. The lowest BCUT2D eigenvalue weighted by Crippen LogP contribution is -2.43. The van der Waals surface area contributed by atoms with Crippen molar-refractivity contribution in [2.75, 3.05) is 26.2 Å². The minimum absolute atomic E-state index is 0.0773. The van der Waals surface area contributed by atoms with E-state index in [1.165, 1.54) is 6.20 Å². The van der Waals surface area contributed by atoms with Gasteiger partial charge in [0.25, 0.3) is 0 Å². The minimum atomic E-state index is -0.402. The van der Waals surface area contributed by atoms with Crippen molar-refractivity contribution < 1.29 is 4.92 Å². The van der Waals surface area contributed by atoms with Crippen LogP contribution in [0.3, 0.4) is 0 Å². The van der Waals surface area contributed by atoms with E-state index in [9.17, 15) is 10.1 Å². The average Bonchev–Trinajstić information content (AvgIpc) is 2.67. The molecule has 0 bridgehead atoms. The van der Waals surface area contributed by atoms with Crippen molar-refractivity contribution >= 4 is 5.69 Å². The van der Waals surface area contributed by atoms with Gasteiger partial charge in [-0.15, -0.1) is 0 Å². The second kappa shape index (κ2) is 4.37. The van der Waals surface area contributed by atoms with Crippen molar-refractivity contribution in [3.05, 3.63) is 22.0 Å². The van der Waals surface area contributed by atoms with Crippen molar-refractivity contribution in [3.8, 4) is 0 Å². The fourth-order valence-electron chi connectivity index (χ4n) is 1.67. The van der Waals surface area contributed by atoms with Crippen molar-refractivity contribution in [3.63, 3.8) is 0 Å². The monoisotopic (exact) mass is 211 g/mol. The molecule has 1 aliphatic rings. The van der Waals surface area contributed by atoms with Gasteiger partial charge in [-0.05, 0) is 0 Å². The van der Waals surface area contributed by atoms with E-state index < -0.39 is 4.92 Å². The Labute approximate surface area is 86.6 Å². The van der Waals surface area contributed by atoms with Crippen LogP contribution in [-0.4, -0.2) is 46.2 Å². The molecule has 0 aliphatic carbocycles. The highest BCUT2D eigenvalue weighted by molar-refractivity contribution is 5.31. The van der Waals surface area contributed by atoms with Crippen LogP contribution in [0.1, 0.15) is 5.69 Å². The van der Waals surface area contributed by atoms with Gasteiger partial charge in [0.15, 0.2) is 0 Å². The van der Waals surface area contributed by atoms with Gasteiger partial charge in [0.2, 0.25) is 0 Å². The maximum Gasteiger partial charge on any atom is 0.311 e. The van der Waals surface area contributed by atoms with Crippen LogP contribution in [0.4, 0.5) is 5.69 Å². The van der Waals surface area contributed by atoms with Gasteiger partial charge >= 0.3 is 5.69 Å². The largest absolute Gasteiger partial charge is 0.314 e. The SMILES string of the molecule is O=[N+]([O-])c1cn[nH]c1CN1CCNCC1. The first-order valence-electron chi connectivity index (χ1n) is 4.87. The second-order valence-corrected chi connectivity index (χ2v) is 3.52. The van der Waals surface area contributed by atoms with E-state index >= 15 is 0 Å². The second-order valence-electron chi connectivity index (χ2n) is 3.52. The average molecular weight is 211 g/mol. The first-order valence-corrected chi connectivity index (χ1v) is 4.87. The Morgan fingerprint density at radius 3 is 2.93 bits per heavy atom. The number of H-pyrrole nitrogens is 1. The molecule has 2 N–H and O–H groups in total. The molecule has 7 nitrogen and oxygen atoms in total. The van der Waals surface area contributed by atoms with E-state index in [0.717, 1.165) is 26.2 Å². The third kappa shape index (κ3) is 2.31. The zero-order valence-electron chi connectivity index (χ0n) is 8.27.